The van der Waals surface area contributed by atoms with Crippen molar-refractivity contribution in [3.8, 4) is 0 Å². The molecule has 8 rings (SSSR count). The highest BCUT2D eigenvalue weighted by Gasteiger charge is 2.74. The number of nitrogens with zero attached hydrogens (tertiary/aromatic N) is 1. The van der Waals surface area contributed by atoms with E-state index in [0.29, 0.717) is 25.1 Å². The first-order chi connectivity index (χ1) is 23.6. The van der Waals surface area contributed by atoms with Gasteiger partial charge >= 0.3 is 0 Å². The summed E-state index contributed by atoms with van der Waals surface area (Å²) in [5.74, 6) is -0.489. The molecule has 5 aromatic carbocycles. The van der Waals surface area contributed by atoms with E-state index < -0.39 is 11.0 Å². The summed E-state index contributed by atoms with van der Waals surface area (Å²) in [4.78, 5) is 32.8. The third-order valence-corrected chi connectivity index (χ3v) is 10.3. The third kappa shape index (κ3) is 4.90. The second-order valence-electron chi connectivity index (χ2n) is 13.1. The maximum atomic E-state index is 15.7. The minimum atomic E-state index is -1.31. The number of hydrogen-bond donors (Lipinski definition) is 2. The number of carbonyl (C=O) groups is 2. The topological polar surface area (TPSA) is 61.4 Å². The Hall–Kier alpha value is -5.52. The number of amides is 1. The summed E-state index contributed by atoms with van der Waals surface area (Å²) >= 11 is 0. The highest BCUT2D eigenvalue weighted by atomic mass is 16.2. The number of benzene rings is 5. The van der Waals surface area contributed by atoms with Gasteiger partial charge in [0, 0.05) is 41.9 Å². The molecule has 2 saturated heterocycles. The zero-order valence-electron chi connectivity index (χ0n) is 26.6. The van der Waals surface area contributed by atoms with Crippen molar-refractivity contribution in [2.75, 3.05) is 18.4 Å². The Morgan fingerprint density at radius 2 is 1.31 bits per heavy atom. The van der Waals surface area contributed by atoms with Gasteiger partial charge < -0.3 is 10.2 Å². The van der Waals surface area contributed by atoms with Gasteiger partial charge in [-0.15, -0.1) is 0 Å². The molecular formula is C43H37N3O2. The number of Topliss-reactive ketones (excluding diaryl/α,β-unsaturated/α-hetero) is 1. The van der Waals surface area contributed by atoms with Crippen molar-refractivity contribution in [3.63, 3.8) is 0 Å². The minimum Gasteiger partial charge on any atom is -0.372 e. The summed E-state index contributed by atoms with van der Waals surface area (Å²) in [6, 6.07) is 48.6. The van der Waals surface area contributed by atoms with E-state index >= 15 is 4.79 Å². The molecule has 1 amide bonds. The summed E-state index contributed by atoms with van der Waals surface area (Å²) < 4.78 is 0. The molecule has 2 spiro atoms. The average Bonchev–Trinajstić information content (AvgIpc) is 3.58. The molecule has 48 heavy (non-hydrogen) atoms. The van der Waals surface area contributed by atoms with Crippen LogP contribution >= 0.6 is 0 Å². The van der Waals surface area contributed by atoms with Crippen LogP contribution in [0.4, 0.5) is 5.69 Å². The van der Waals surface area contributed by atoms with Gasteiger partial charge in [-0.1, -0.05) is 140 Å². The second-order valence-corrected chi connectivity index (χ2v) is 13.1. The summed E-state index contributed by atoms with van der Waals surface area (Å²) in [6.07, 6.45) is 6.87. The molecule has 0 saturated carbocycles. The van der Waals surface area contributed by atoms with E-state index in [1.165, 1.54) is 0 Å². The Labute approximate surface area is 281 Å². The van der Waals surface area contributed by atoms with Crippen LogP contribution in [0.25, 0.3) is 12.2 Å². The molecule has 3 aliphatic heterocycles. The Balaban J connectivity index is 1.39. The van der Waals surface area contributed by atoms with Crippen LogP contribution in [0.3, 0.4) is 0 Å². The maximum absolute atomic E-state index is 15.7. The first-order valence-electron chi connectivity index (χ1n) is 16.6. The van der Waals surface area contributed by atoms with Crippen molar-refractivity contribution in [1.82, 2.24) is 10.2 Å². The Bertz CT molecular complexity index is 2010. The van der Waals surface area contributed by atoms with Crippen LogP contribution in [-0.4, -0.2) is 35.7 Å². The molecule has 2 N–H and O–H groups in total. The van der Waals surface area contributed by atoms with Crippen molar-refractivity contribution < 1.29 is 9.59 Å². The van der Waals surface area contributed by atoms with E-state index in [4.69, 9.17) is 0 Å². The molecule has 236 valence electrons. The molecule has 3 heterocycles. The SMILES string of the molecule is O=C1/C(=C/c2ccccc2)CN(/C=C/c2ccccc2)C[C@@]12[C@H](c1ccccc1)[C@@H](Cc1ccccc1)N[C@]21C(=O)Nc2ccccc21. The van der Waals surface area contributed by atoms with Crippen LogP contribution in [0.5, 0.6) is 0 Å². The van der Waals surface area contributed by atoms with Gasteiger partial charge in [0.15, 0.2) is 5.78 Å². The van der Waals surface area contributed by atoms with Gasteiger partial charge in [-0.25, -0.2) is 0 Å². The number of anilines is 1. The zero-order chi connectivity index (χ0) is 32.6. The van der Waals surface area contributed by atoms with E-state index in [1.807, 2.05) is 115 Å². The van der Waals surface area contributed by atoms with E-state index in [2.05, 4.69) is 64.2 Å². The molecule has 0 bridgehead atoms. The van der Waals surface area contributed by atoms with Gasteiger partial charge in [0.05, 0.1) is 5.41 Å². The van der Waals surface area contributed by atoms with Crippen LogP contribution in [0, 0.1) is 5.41 Å². The summed E-state index contributed by atoms with van der Waals surface area (Å²) in [6.45, 7) is 0.796. The van der Waals surface area contributed by atoms with Gasteiger partial charge in [0.2, 0.25) is 0 Å². The van der Waals surface area contributed by atoms with Crippen molar-refractivity contribution in [3.05, 3.63) is 185 Å². The Morgan fingerprint density at radius 1 is 0.708 bits per heavy atom. The molecule has 5 heteroatoms. The van der Waals surface area contributed by atoms with E-state index in [9.17, 15) is 4.79 Å². The number of rotatable bonds is 6. The molecular weight excluding hydrogens is 590 g/mol. The van der Waals surface area contributed by atoms with Gasteiger partial charge in [0.1, 0.15) is 5.54 Å². The zero-order valence-corrected chi connectivity index (χ0v) is 26.6. The van der Waals surface area contributed by atoms with Crippen LogP contribution in [0.15, 0.2) is 157 Å². The predicted molar refractivity (Wildman–Crippen MR) is 192 cm³/mol. The summed E-state index contributed by atoms with van der Waals surface area (Å²) in [5.41, 5.74) is 3.98. The first-order valence-corrected chi connectivity index (χ1v) is 16.6. The predicted octanol–water partition coefficient (Wildman–Crippen LogP) is 7.46. The molecule has 2 fully saturated rings. The monoisotopic (exact) mass is 627 g/mol. The van der Waals surface area contributed by atoms with Crippen molar-refractivity contribution >= 4 is 29.5 Å². The number of ketones is 1. The Morgan fingerprint density at radius 3 is 2.02 bits per heavy atom. The van der Waals surface area contributed by atoms with Gasteiger partial charge in [-0.2, -0.15) is 0 Å². The number of carbonyl (C=O) groups excluding carboxylic acids is 2. The van der Waals surface area contributed by atoms with Crippen LogP contribution in [0.2, 0.25) is 0 Å². The molecule has 5 aromatic rings. The largest absolute Gasteiger partial charge is 0.372 e. The number of piperidine rings is 1. The van der Waals surface area contributed by atoms with Gasteiger partial charge in [-0.05, 0) is 53.1 Å². The average molecular weight is 628 g/mol. The molecule has 5 nitrogen and oxygen atoms in total. The number of nitrogens with one attached hydrogen (secondary N) is 2. The van der Waals surface area contributed by atoms with E-state index in [0.717, 1.165) is 33.5 Å². The minimum absolute atomic E-state index is 0.0134. The molecule has 3 aliphatic rings. The van der Waals surface area contributed by atoms with Gasteiger partial charge in [-0.3, -0.25) is 14.9 Å². The lowest BCUT2D eigenvalue weighted by Crippen LogP contribution is -2.65. The number of para-hydroxylation sites is 1. The van der Waals surface area contributed by atoms with Crippen LogP contribution in [-0.2, 0) is 21.5 Å². The molecule has 0 aliphatic carbocycles. The lowest BCUT2D eigenvalue weighted by Gasteiger charge is -2.50. The molecule has 0 radical (unpaired) electrons. The normalized spacial score (nSPS) is 25.7. The molecule has 4 atom stereocenters. The number of fused-ring (bicyclic) bond motifs is 3. The third-order valence-electron chi connectivity index (χ3n) is 10.3. The summed E-state index contributed by atoms with van der Waals surface area (Å²) in [7, 11) is 0. The van der Waals surface area contributed by atoms with Crippen LogP contribution in [0.1, 0.15) is 33.7 Å². The lowest BCUT2D eigenvalue weighted by atomic mass is 9.55. The van der Waals surface area contributed by atoms with Gasteiger partial charge in [0.25, 0.3) is 5.91 Å². The van der Waals surface area contributed by atoms with Crippen LogP contribution < -0.4 is 10.6 Å². The Kier molecular flexibility index (Phi) is 7.62. The second kappa shape index (κ2) is 12.3. The standard InChI is InChI=1S/C43H37N3O2/c47-40-35(27-32-17-7-2-8-18-32)29-46(26-25-31-15-5-1-6-16-31)30-42(40)39(34-21-11-4-12-22-34)38(28-33-19-9-3-10-20-33)45-43(42)36-23-13-14-24-37(36)44-41(43)48/h1-27,38-39,45H,28-30H2,(H,44,48)/b26-25+,35-27+/t38-,39-,42-,43-/m1/s1. The van der Waals surface area contributed by atoms with E-state index in [1.54, 1.807) is 0 Å². The fraction of sp³-hybridized carbons (Fsp3) is 0.163. The summed E-state index contributed by atoms with van der Waals surface area (Å²) in [5, 5.41) is 7.13. The smallest absolute Gasteiger partial charge is 0.250 e. The van der Waals surface area contributed by atoms with E-state index in [-0.39, 0.29) is 23.7 Å². The maximum Gasteiger partial charge on any atom is 0.250 e. The molecule has 0 unspecified atom stereocenters. The van der Waals surface area contributed by atoms with Crippen molar-refractivity contribution in [2.24, 2.45) is 5.41 Å². The van der Waals surface area contributed by atoms with Crippen molar-refractivity contribution in [2.45, 2.75) is 23.9 Å². The first kappa shape index (κ1) is 29.9. The number of likely N-dealkylation sites (tertiary alicyclic amines) is 1. The number of hydrogen-bond acceptors (Lipinski definition) is 4. The highest BCUT2D eigenvalue weighted by Crippen LogP contribution is 2.63. The van der Waals surface area contributed by atoms with Crippen molar-refractivity contribution in [1.29, 1.82) is 0 Å². The fourth-order valence-corrected chi connectivity index (χ4v) is 8.40. The fourth-order valence-electron chi connectivity index (χ4n) is 8.40. The quantitative estimate of drug-likeness (QED) is 0.192. The highest BCUT2D eigenvalue weighted by molar-refractivity contribution is 6.16. The lowest BCUT2D eigenvalue weighted by molar-refractivity contribution is -0.141. The molecule has 0 aromatic heterocycles.